The summed E-state index contributed by atoms with van der Waals surface area (Å²) in [5, 5.41) is 2.80. The van der Waals surface area contributed by atoms with Crippen molar-refractivity contribution in [2.24, 2.45) is 0 Å². The van der Waals surface area contributed by atoms with Crippen molar-refractivity contribution < 1.29 is 18.0 Å². The van der Waals surface area contributed by atoms with E-state index >= 15 is 0 Å². The zero-order valence-corrected chi connectivity index (χ0v) is 15.1. The van der Waals surface area contributed by atoms with Crippen LogP contribution in [0.5, 0.6) is 0 Å². The molecule has 0 aromatic heterocycles. The van der Waals surface area contributed by atoms with Crippen molar-refractivity contribution in [1.82, 2.24) is 10.2 Å². The van der Waals surface area contributed by atoms with Crippen LogP contribution in [0.25, 0.3) is 0 Å². The summed E-state index contributed by atoms with van der Waals surface area (Å²) in [5.41, 5.74) is 1.96. The number of nitrogens with zero attached hydrogens (tertiary/aromatic N) is 1. The Kier molecular flexibility index (Phi) is 5.64. The van der Waals surface area contributed by atoms with Gasteiger partial charge < -0.3 is 10.2 Å². The van der Waals surface area contributed by atoms with Gasteiger partial charge >= 0.3 is 0 Å². The van der Waals surface area contributed by atoms with Crippen molar-refractivity contribution in [2.75, 3.05) is 18.6 Å². The van der Waals surface area contributed by atoms with Gasteiger partial charge in [0.2, 0.25) is 11.8 Å². The molecule has 2 unspecified atom stereocenters. The van der Waals surface area contributed by atoms with Crippen LogP contribution in [-0.4, -0.2) is 49.7 Å². The third-order valence-corrected chi connectivity index (χ3v) is 6.14. The average molecular weight is 352 g/mol. The van der Waals surface area contributed by atoms with Crippen molar-refractivity contribution in [1.29, 1.82) is 0 Å². The number of benzene rings is 1. The molecule has 1 aromatic rings. The highest BCUT2D eigenvalue weighted by molar-refractivity contribution is 7.91. The van der Waals surface area contributed by atoms with Gasteiger partial charge in [0, 0.05) is 20.0 Å². The lowest BCUT2D eigenvalue weighted by molar-refractivity contribution is -0.132. The van der Waals surface area contributed by atoms with Gasteiger partial charge in [0.25, 0.3) is 0 Å². The number of carbonyl (C=O) groups is 2. The van der Waals surface area contributed by atoms with Gasteiger partial charge in [-0.25, -0.2) is 8.42 Å². The molecule has 2 rings (SSSR count). The molecule has 1 aromatic carbocycles. The highest BCUT2D eigenvalue weighted by Crippen LogP contribution is 2.22. The third-order valence-electron chi connectivity index (χ3n) is 4.39. The monoisotopic (exact) mass is 352 g/mol. The zero-order chi connectivity index (χ0) is 17.9. The first-order chi connectivity index (χ1) is 11.2. The van der Waals surface area contributed by atoms with Crippen molar-refractivity contribution in [3.63, 3.8) is 0 Å². The fraction of sp³-hybridized carbons (Fsp3) is 0.529. The molecule has 132 valence electrons. The molecular formula is C17H24N2O4S. The molecule has 2 amide bonds. The molecule has 7 heteroatoms. The number of hydrogen-bond acceptors (Lipinski definition) is 4. The normalized spacial score (nSPS) is 20.4. The molecular weight excluding hydrogens is 328 g/mol. The first kappa shape index (κ1) is 18.4. The fourth-order valence-electron chi connectivity index (χ4n) is 2.90. The van der Waals surface area contributed by atoms with Gasteiger partial charge in [-0.3, -0.25) is 9.59 Å². The Morgan fingerprint density at radius 1 is 1.29 bits per heavy atom. The predicted molar refractivity (Wildman–Crippen MR) is 92.2 cm³/mol. The minimum atomic E-state index is -3.04. The first-order valence-electron chi connectivity index (χ1n) is 7.97. The van der Waals surface area contributed by atoms with Crippen molar-refractivity contribution in [3.05, 3.63) is 35.4 Å². The number of carbonyl (C=O) groups excluding carboxylic acids is 2. The van der Waals surface area contributed by atoms with Gasteiger partial charge in [0.05, 0.1) is 24.0 Å². The maximum absolute atomic E-state index is 12.6. The Morgan fingerprint density at radius 3 is 2.42 bits per heavy atom. The lowest BCUT2D eigenvalue weighted by atomic mass is 10.0. The molecule has 2 atom stereocenters. The quantitative estimate of drug-likeness (QED) is 0.863. The van der Waals surface area contributed by atoms with Crippen molar-refractivity contribution in [3.8, 4) is 0 Å². The summed E-state index contributed by atoms with van der Waals surface area (Å²) in [5.74, 6) is -0.233. The van der Waals surface area contributed by atoms with E-state index in [4.69, 9.17) is 0 Å². The van der Waals surface area contributed by atoms with Crippen LogP contribution in [-0.2, 0) is 19.4 Å². The Balaban J connectivity index is 2.09. The minimum absolute atomic E-state index is 0.0184. The van der Waals surface area contributed by atoms with Crippen LogP contribution in [0.15, 0.2) is 24.3 Å². The number of aryl methyl sites for hydroxylation is 1. The van der Waals surface area contributed by atoms with E-state index in [2.05, 4.69) is 5.32 Å². The average Bonchev–Trinajstić information content (AvgIpc) is 2.86. The Hall–Kier alpha value is -1.89. The standard InChI is InChI=1S/C17H24N2O4S/c1-12-4-6-14(7-5-12)16(18-13(2)20)10-17(21)19(3)15-8-9-24(22,23)11-15/h4-7,15-16H,8-11H2,1-3H3,(H,18,20). The number of rotatable bonds is 5. The van der Waals surface area contributed by atoms with E-state index < -0.39 is 15.9 Å². The van der Waals surface area contributed by atoms with Gasteiger partial charge in [-0.1, -0.05) is 29.8 Å². The van der Waals surface area contributed by atoms with E-state index in [9.17, 15) is 18.0 Å². The van der Waals surface area contributed by atoms with Gasteiger partial charge in [-0.15, -0.1) is 0 Å². The first-order valence-corrected chi connectivity index (χ1v) is 9.80. The van der Waals surface area contributed by atoms with Crippen LogP contribution in [0.2, 0.25) is 0 Å². The number of nitrogens with one attached hydrogen (secondary N) is 1. The molecule has 0 aliphatic carbocycles. The van der Waals surface area contributed by atoms with E-state index in [-0.39, 0.29) is 35.8 Å². The van der Waals surface area contributed by atoms with Gasteiger partial charge in [-0.05, 0) is 18.9 Å². The maximum atomic E-state index is 12.6. The second kappa shape index (κ2) is 7.34. The molecule has 24 heavy (non-hydrogen) atoms. The molecule has 0 spiro atoms. The largest absolute Gasteiger partial charge is 0.349 e. The summed E-state index contributed by atoms with van der Waals surface area (Å²) < 4.78 is 23.2. The molecule has 0 bridgehead atoms. The molecule has 1 N–H and O–H groups in total. The number of amides is 2. The van der Waals surface area contributed by atoms with E-state index in [1.54, 1.807) is 7.05 Å². The second-order valence-electron chi connectivity index (χ2n) is 6.43. The highest BCUT2D eigenvalue weighted by Gasteiger charge is 2.33. The number of hydrogen-bond donors (Lipinski definition) is 1. The van der Waals surface area contributed by atoms with Crippen LogP contribution in [0.1, 0.15) is 36.9 Å². The summed E-state index contributed by atoms with van der Waals surface area (Å²) >= 11 is 0. The van der Waals surface area contributed by atoms with E-state index in [1.165, 1.54) is 11.8 Å². The summed E-state index contributed by atoms with van der Waals surface area (Å²) in [4.78, 5) is 25.5. The molecule has 0 saturated carbocycles. The SMILES string of the molecule is CC(=O)NC(CC(=O)N(C)C1CCS(=O)(=O)C1)c1ccc(C)cc1. The molecule has 1 aliphatic heterocycles. The molecule has 0 radical (unpaired) electrons. The summed E-state index contributed by atoms with van der Waals surface area (Å²) in [6.07, 6.45) is 0.579. The maximum Gasteiger partial charge on any atom is 0.225 e. The lowest BCUT2D eigenvalue weighted by Gasteiger charge is -2.26. The van der Waals surface area contributed by atoms with Crippen LogP contribution in [0.3, 0.4) is 0 Å². The molecule has 1 saturated heterocycles. The number of sulfone groups is 1. The Bertz CT molecular complexity index is 713. The van der Waals surface area contributed by atoms with Crippen LogP contribution >= 0.6 is 0 Å². The molecule has 6 nitrogen and oxygen atoms in total. The van der Waals surface area contributed by atoms with Gasteiger partial charge in [-0.2, -0.15) is 0 Å². The van der Waals surface area contributed by atoms with Crippen LogP contribution in [0.4, 0.5) is 0 Å². The summed E-state index contributed by atoms with van der Waals surface area (Å²) in [7, 11) is -1.41. The van der Waals surface area contributed by atoms with Gasteiger partial charge in [0.15, 0.2) is 9.84 Å². The fourth-order valence-corrected chi connectivity index (χ4v) is 4.67. The summed E-state index contributed by atoms with van der Waals surface area (Å²) in [6, 6.07) is 6.95. The lowest BCUT2D eigenvalue weighted by Crippen LogP contribution is -2.40. The summed E-state index contributed by atoms with van der Waals surface area (Å²) in [6.45, 7) is 3.38. The molecule has 1 heterocycles. The minimum Gasteiger partial charge on any atom is -0.349 e. The highest BCUT2D eigenvalue weighted by atomic mass is 32.2. The van der Waals surface area contributed by atoms with E-state index in [0.717, 1.165) is 11.1 Å². The van der Waals surface area contributed by atoms with Gasteiger partial charge in [0.1, 0.15) is 0 Å². The molecule has 1 aliphatic rings. The van der Waals surface area contributed by atoms with E-state index in [1.807, 2.05) is 31.2 Å². The van der Waals surface area contributed by atoms with Crippen LogP contribution < -0.4 is 5.32 Å². The second-order valence-corrected chi connectivity index (χ2v) is 8.66. The zero-order valence-electron chi connectivity index (χ0n) is 14.3. The topological polar surface area (TPSA) is 83.6 Å². The smallest absolute Gasteiger partial charge is 0.225 e. The van der Waals surface area contributed by atoms with E-state index in [0.29, 0.717) is 6.42 Å². The predicted octanol–water partition coefficient (Wildman–Crippen LogP) is 1.21. The molecule has 1 fully saturated rings. The van der Waals surface area contributed by atoms with Crippen molar-refractivity contribution >= 4 is 21.7 Å². The van der Waals surface area contributed by atoms with Crippen LogP contribution in [0, 0.1) is 6.92 Å². The Labute approximate surface area is 143 Å². The Morgan fingerprint density at radius 2 is 1.92 bits per heavy atom. The van der Waals surface area contributed by atoms with Crippen molar-refractivity contribution in [2.45, 2.75) is 38.8 Å². The third kappa shape index (κ3) is 4.80.